The van der Waals surface area contributed by atoms with Crippen molar-refractivity contribution in [2.45, 2.75) is 51.1 Å². The van der Waals surface area contributed by atoms with Crippen molar-refractivity contribution in [3.05, 3.63) is 47.3 Å². The van der Waals surface area contributed by atoms with Gasteiger partial charge in [0.2, 0.25) is 0 Å². The fraction of sp³-hybridized carbons (Fsp3) is 0.542. The average Bonchev–Trinajstić information content (AvgIpc) is 3.22. The molecule has 1 aromatic heterocycles. The van der Waals surface area contributed by atoms with E-state index in [1.165, 1.54) is 17.7 Å². The zero-order valence-electron chi connectivity index (χ0n) is 19.8. The predicted octanol–water partition coefficient (Wildman–Crippen LogP) is 4.80. The highest BCUT2D eigenvalue weighted by molar-refractivity contribution is 5.95. The molecule has 2 aliphatic rings. The van der Waals surface area contributed by atoms with Crippen molar-refractivity contribution in [1.29, 1.82) is 0 Å². The summed E-state index contributed by atoms with van der Waals surface area (Å²) in [5.41, 5.74) is 0.0796. The fourth-order valence-electron chi connectivity index (χ4n) is 5.07. The molecule has 0 bridgehead atoms. The van der Waals surface area contributed by atoms with Crippen LogP contribution in [0.2, 0.25) is 0 Å². The number of hydrogen-bond donors (Lipinski definition) is 0. The smallest absolute Gasteiger partial charge is 0.431 e. The van der Waals surface area contributed by atoms with Crippen molar-refractivity contribution in [2.24, 2.45) is 0 Å². The van der Waals surface area contributed by atoms with Crippen LogP contribution in [-0.2, 0) is 18.3 Å². The van der Waals surface area contributed by atoms with Crippen LogP contribution in [0.15, 0.2) is 30.3 Å². The van der Waals surface area contributed by atoms with E-state index >= 15 is 0 Å². The number of methoxy groups -OCH3 is 1. The highest BCUT2D eigenvalue weighted by Gasteiger charge is 2.47. The van der Waals surface area contributed by atoms with Crippen molar-refractivity contribution < 1.29 is 27.4 Å². The lowest BCUT2D eigenvalue weighted by atomic mass is 9.81. The van der Waals surface area contributed by atoms with Gasteiger partial charge in [0, 0.05) is 37.4 Å². The van der Waals surface area contributed by atoms with Gasteiger partial charge < -0.3 is 18.9 Å². The topological polar surface area (TPSA) is 46.9 Å². The Morgan fingerprint density at radius 1 is 1.03 bits per heavy atom. The molecule has 34 heavy (non-hydrogen) atoms. The molecule has 2 aromatic rings. The second kappa shape index (κ2) is 9.70. The first-order valence-electron chi connectivity index (χ1n) is 11.2. The first kappa shape index (κ1) is 26.2. The number of carbonyl (C=O) groups excluding carboxylic acids is 1. The lowest BCUT2D eigenvalue weighted by Crippen LogP contribution is -2.56. The number of likely N-dealkylation sites (N-methyl/N-ethyl adjacent to an activating group) is 1. The number of fused-ring (bicyclic) bond motifs is 2. The highest BCUT2D eigenvalue weighted by atomic mass is 35.5. The summed E-state index contributed by atoms with van der Waals surface area (Å²) in [5, 5.41) is 0. The second-order valence-electron chi connectivity index (χ2n) is 9.03. The van der Waals surface area contributed by atoms with E-state index < -0.39 is 17.4 Å². The molecule has 0 aliphatic carbocycles. The summed E-state index contributed by atoms with van der Waals surface area (Å²) in [4.78, 5) is 17.1. The summed E-state index contributed by atoms with van der Waals surface area (Å²) in [6, 6.07) is 7.92. The molecule has 4 rings (SSSR count). The quantitative estimate of drug-likeness (QED) is 0.603. The summed E-state index contributed by atoms with van der Waals surface area (Å²) in [5.74, 6) is 0.948. The zero-order chi connectivity index (χ0) is 24.0. The molecule has 0 unspecified atom stereocenters. The molecular weight excluding hydrogens is 471 g/mol. The molecule has 3 heterocycles. The normalized spacial score (nSPS) is 17.9. The van der Waals surface area contributed by atoms with E-state index in [4.69, 9.17) is 9.47 Å². The van der Waals surface area contributed by atoms with Crippen molar-refractivity contribution in [2.75, 3.05) is 33.8 Å². The summed E-state index contributed by atoms with van der Waals surface area (Å²) in [6.07, 6.45) is -3.26. The number of hydrogen-bond acceptors (Lipinski definition) is 4. The number of benzene rings is 1. The third kappa shape index (κ3) is 4.60. The number of halogens is 4. The second-order valence-corrected chi connectivity index (χ2v) is 9.03. The molecule has 0 saturated carbocycles. The van der Waals surface area contributed by atoms with Crippen molar-refractivity contribution in [3.63, 3.8) is 0 Å². The van der Waals surface area contributed by atoms with Gasteiger partial charge in [0.1, 0.15) is 5.69 Å². The summed E-state index contributed by atoms with van der Waals surface area (Å²) in [7, 11) is 3.49. The maximum atomic E-state index is 13.5. The van der Waals surface area contributed by atoms with Crippen LogP contribution in [0.3, 0.4) is 0 Å². The number of nitrogens with zero attached hydrogens (tertiary/aromatic N) is 3. The number of rotatable bonds is 4. The number of amides is 1. The monoisotopic (exact) mass is 501 g/mol. The van der Waals surface area contributed by atoms with Gasteiger partial charge in [0.15, 0.2) is 11.5 Å². The van der Waals surface area contributed by atoms with E-state index in [1.54, 1.807) is 29.2 Å². The highest BCUT2D eigenvalue weighted by Crippen LogP contribution is 2.44. The molecule has 0 radical (unpaired) electrons. The van der Waals surface area contributed by atoms with E-state index in [9.17, 15) is 18.0 Å². The Balaban J connectivity index is 0.00000324. The van der Waals surface area contributed by atoms with Gasteiger partial charge in [-0.25, -0.2) is 0 Å². The van der Waals surface area contributed by atoms with E-state index in [1.807, 2.05) is 20.9 Å². The lowest BCUT2D eigenvalue weighted by molar-refractivity contribution is -0.144. The fourth-order valence-corrected chi connectivity index (χ4v) is 5.07. The lowest BCUT2D eigenvalue weighted by Gasteiger charge is -2.50. The first-order chi connectivity index (χ1) is 15.6. The molecular formula is C24H31ClF3N3O3. The van der Waals surface area contributed by atoms with Crippen molar-refractivity contribution >= 4 is 18.3 Å². The number of alkyl halides is 3. The van der Waals surface area contributed by atoms with Crippen LogP contribution in [0.25, 0.3) is 0 Å². The number of piperidine rings is 1. The van der Waals surface area contributed by atoms with Crippen LogP contribution in [-0.4, -0.2) is 60.2 Å². The Kier molecular flexibility index (Phi) is 7.48. The molecule has 2 aliphatic heterocycles. The molecule has 1 spiro atoms. The van der Waals surface area contributed by atoms with Gasteiger partial charge in [-0.05, 0) is 64.1 Å². The SMILES string of the molecule is COc1cc(C(=O)N2CCC3(CC2)c2ccc(C(F)(F)F)n2CCN3C)ccc1OC(C)C.Cl. The maximum absolute atomic E-state index is 13.5. The Bertz CT molecular complexity index is 1030. The Hall–Kier alpha value is -2.39. The van der Waals surface area contributed by atoms with Crippen LogP contribution >= 0.6 is 12.4 Å². The van der Waals surface area contributed by atoms with E-state index in [0.717, 1.165) is 0 Å². The molecule has 1 saturated heterocycles. The van der Waals surface area contributed by atoms with Crippen LogP contribution < -0.4 is 9.47 Å². The van der Waals surface area contributed by atoms with Crippen LogP contribution in [0.5, 0.6) is 11.5 Å². The van der Waals surface area contributed by atoms with Crippen LogP contribution in [0, 0.1) is 0 Å². The van der Waals surface area contributed by atoms with Crippen molar-refractivity contribution in [1.82, 2.24) is 14.4 Å². The largest absolute Gasteiger partial charge is 0.493 e. The summed E-state index contributed by atoms with van der Waals surface area (Å²) >= 11 is 0. The van der Waals surface area contributed by atoms with Gasteiger partial charge >= 0.3 is 6.18 Å². The van der Waals surface area contributed by atoms with Gasteiger partial charge in [-0.1, -0.05) is 0 Å². The van der Waals surface area contributed by atoms with Gasteiger partial charge in [-0.3, -0.25) is 9.69 Å². The number of ether oxygens (including phenoxy) is 2. The van der Waals surface area contributed by atoms with Gasteiger partial charge in [0.25, 0.3) is 5.91 Å². The molecule has 0 atom stereocenters. The predicted molar refractivity (Wildman–Crippen MR) is 125 cm³/mol. The van der Waals surface area contributed by atoms with Crippen molar-refractivity contribution in [3.8, 4) is 11.5 Å². The van der Waals surface area contributed by atoms with Gasteiger partial charge in [-0.15, -0.1) is 12.4 Å². The minimum atomic E-state index is -4.38. The molecule has 188 valence electrons. The van der Waals surface area contributed by atoms with E-state index in [0.29, 0.717) is 61.8 Å². The minimum Gasteiger partial charge on any atom is -0.493 e. The van der Waals surface area contributed by atoms with Gasteiger partial charge in [-0.2, -0.15) is 13.2 Å². The summed E-state index contributed by atoms with van der Waals surface area (Å²) in [6.45, 7) is 5.59. The van der Waals surface area contributed by atoms with Gasteiger partial charge in [0.05, 0.1) is 18.8 Å². The molecule has 10 heteroatoms. The Morgan fingerprint density at radius 2 is 1.71 bits per heavy atom. The Morgan fingerprint density at radius 3 is 2.29 bits per heavy atom. The maximum Gasteiger partial charge on any atom is 0.431 e. The number of aromatic nitrogens is 1. The number of carbonyl (C=O) groups is 1. The molecule has 0 N–H and O–H groups in total. The third-order valence-electron chi connectivity index (χ3n) is 6.79. The van der Waals surface area contributed by atoms with E-state index in [-0.39, 0.29) is 24.4 Å². The summed E-state index contributed by atoms with van der Waals surface area (Å²) < 4.78 is 53.0. The minimum absolute atomic E-state index is 0. The molecule has 1 aromatic carbocycles. The average molecular weight is 502 g/mol. The van der Waals surface area contributed by atoms with E-state index in [2.05, 4.69) is 4.90 Å². The molecule has 1 amide bonds. The molecule has 1 fully saturated rings. The van der Waals surface area contributed by atoms with Crippen LogP contribution in [0.4, 0.5) is 13.2 Å². The third-order valence-corrected chi connectivity index (χ3v) is 6.79. The first-order valence-corrected chi connectivity index (χ1v) is 11.2. The molecule has 6 nitrogen and oxygen atoms in total. The zero-order valence-corrected chi connectivity index (χ0v) is 20.6. The standard InChI is InChI=1S/C24H30F3N3O3.ClH/c1-16(2)33-18-6-5-17(15-19(18)32-4)22(31)29-11-9-23(10-12-29)20-7-8-21(24(25,26)27)30(20)14-13-28(23)3;/h5-8,15-16H,9-14H2,1-4H3;1H. The van der Waals surface area contributed by atoms with Crippen LogP contribution in [0.1, 0.15) is 48.4 Å². The number of likely N-dealkylation sites (tertiary alicyclic amines) is 1. The Labute approximate surface area is 204 Å².